The number of nitrogens with zero attached hydrogens (tertiary/aromatic N) is 1. The van der Waals surface area contributed by atoms with E-state index in [1.807, 2.05) is 51.7 Å². The van der Waals surface area contributed by atoms with Gasteiger partial charge in [-0.05, 0) is 81.4 Å². The van der Waals surface area contributed by atoms with Crippen LogP contribution in [0.5, 0.6) is 5.75 Å². The van der Waals surface area contributed by atoms with Crippen LogP contribution < -0.4 is 9.46 Å². The van der Waals surface area contributed by atoms with Crippen LogP contribution in [-0.2, 0) is 25.6 Å². The third kappa shape index (κ3) is 7.37. The molecule has 2 aliphatic rings. The molecule has 1 aromatic rings. The second-order valence-electron chi connectivity index (χ2n) is 10.4. The smallest absolute Gasteiger partial charge is 0.254 e. The topological polar surface area (TPSA) is 83.1 Å². The standard InChI is InChI=1S/C25H36BrClN2O5S/c1-7-12-32-20-14-18(26)19(27)13-17(20)22(28-35(31)24(2,3)4)16-8-10-29(11-9-16)23(30)21-15-33-25(5,6)34-21/h7,13-14,16,21-22,28H,1,8-12,15H2,2-6H3/t21-,22?,35?/m1/s1. The minimum Gasteiger partial charge on any atom is -0.598 e. The van der Waals surface area contributed by atoms with Gasteiger partial charge in [0.2, 0.25) is 0 Å². The van der Waals surface area contributed by atoms with Crippen molar-refractivity contribution in [3.63, 3.8) is 0 Å². The summed E-state index contributed by atoms with van der Waals surface area (Å²) in [6.07, 6.45) is 2.57. The fraction of sp³-hybridized carbons (Fsp3) is 0.640. The first-order valence-corrected chi connectivity index (χ1v) is 14.2. The van der Waals surface area contributed by atoms with Crippen LogP contribution in [0.1, 0.15) is 59.1 Å². The van der Waals surface area contributed by atoms with Crippen LogP contribution >= 0.6 is 27.5 Å². The molecule has 3 rings (SSSR count). The fourth-order valence-electron chi connectivity index (χ4n) is 4.23. The van der Waals surface area contributed by atoms with E-state index >= 15 is 0 Å². The molecule has 2 unspecified atom stereocenters. The highest BCUT2D eigenvalue weighted by molar-refractivity contribution is 9.10. The number of halogens is 2. The zero-order valence-corrected chi connectivity index (χ0v) is 24.2. The quantitative estimate of drug-likeness (QED) is 0.333. The van der Waals surface area contributed by atoms with Crippen LogP contribution in [0.3, 0.4) is 0 Å². The summed E-state index contributed by atoms with van der Waals surface area (Å²) in [5.74, 6) is -0.0147. The van der Waals surface area contributed by atoms with E-state index < -0.39 is 28.0 Å². The third-order valence-electron chi connectivity index (χ3n) is 6.14. The van der Waals surface area contributed by atoms with E-state index in [1.165, 1.54) is 0 Å². The summed E-state index contributed by atoms with van der Waals surface area (Å²) in [5.41, 5.74) is 0.844. The number of hydrogen-bond acceptors (Lipinski definition) is 6. The van der Waals surface area contributed by atoms with E-state index in [1.54, 1.807) is 6.08 Å². The number of carbonyl (C=O) groups is 1. The van der Waals surface area contributed by atoms with E-state index in [-0.39, 0.29) is 24.5 Å². The predicted octanol–water partition coefficient (Wildman–Crippen LogP) is 5.15. The van der Waals surface area contributed by atoms with Crippen molar-refractivity contribution >= 4 is 44.8 Å². The van der Waals surface area contributed by atoms with Gasteiger partial charge in [-0.15, -0.1) is 4.72 Å². The minimum absolute atomic E-state index is 0.0431. The number of benzene rings is 1. The van der Waals surface area contributed by atoms with Gasteiger partial charge >= 0.3 is 0 Å². The first kappa shape index (κ1) is 28.8. The van der Waals surface area contributed by atoms with Gasteiger partial charge < -0.3 is 23.7 Å². The van der Waals surface area contributed by atoms with Gasteiger partial charge in [0.1, 0.15) is 17.1 Å². The molecule has 2 fully saturated rings. The molecule has 0 spiro atoms. The number of rotatable bonds is 8. The molecule has 2 saturated heterocycles. The molecular formula is C25H36BrClN2O5S. The average molecular weight is 592 g/mol. The number of hydrogen-bond donors (Lipinski definition) is 1. The zero-order valence-electron chi connectivity index (χ0n) is 21.1. The van der Waals surface area contributed by atoms with Gasteiger partial charge in [0.25, 0.3) is 5.91 Å². The fourth-order valence-corrected chi connectivity index (χ4v) is 5.63. The molecule has 0 saturated carbocycles. The first-order chi connectivity index (χ1) is 16.3. The molecule has 0 bridgehead atoms. The molecule has 0 radical (unpaired) electrons. The Balaban J connectivity index is 1.82. The normalized spacial score (nSPS) is 22.6. The Morgan fingerprint density at radius 3 is 2.63 bits per heavy atom. The van der Waals surface area contributed by atoms with E-state index in [0.29, 0.717) is 30.5 Å². The molecule has 1 N–H and O–H groups in total. The largest absolute Gasteiger partial charge is 0.598 e. The van der Waals surface area contributed by atoms with Crippen molar-refractivity contribution in [3.05, 3.63) is 39.8 Å². The van der Waals surface area contributed by atoms with E-state index in [4.69, 9.17) is 25.8 Å². The summed E-state index contributed by atoms with van der Waals surface area (Å²) in [6, 6.07) is 3.43. The number of piperidine rings is 1. The van der Waals surface area contributed by atoms with Gasteiger partial charge in [0, 0.05) is 34.5 Å². The third-order valence-corrected chi connectivity index (χ3v) is 8.92. The highest BCUT2D eigenvalue weighted by atomic mass is 79.9. The van der Waals surface area contributed by atoms with Gasteiger partial charge in [-0.1, -0.05) is 24.3 Å². The maximum Gasteiger partial charge on any atom is 0.254 e. The number of likely N-dealkylation sites (tertiary alicyclic amines) is 1. The lowest BCUT2D eigenvalue weighted by Gasteiger charge is -2.38. The number of amides is 1. The molecule has 196 valence electrons. The van der Waals surface area contributed by atoms with E-state index in [0.717, 1.165) is 22.9 Å². The number of carbonyl (C=O) groups excluding carboxylic acids is 1. The summed E-state index contributed by atoms with van der Waals surface area (Å²) >= 11 is 8.64. The Bertz CT molecular complexity index is 918. The summed E-state index contributed by atoms with van der Waals surface area (Å²) in [7, 11) is 0. The van der Waals surface area contributed by atoms with Crippen molar-refractivity contribution < 1.29 is 23.6 Å². The SMILES string of the molecule is C=CCOc1cc(Br)c(Cl)cc1C(N[S+]([O-])C(C)(C)C)C1CCN(C(=O)[C@H]2COC(C)(C)O2)CC1. The Morgan fingerprint density at radius 2 is 2.09 bits per heavy atom. The van der Waals surface area contributed by atoms with Gasteiger partial charge in [-0.3, -0.25) is 4.79 Å². The predicted molar refractivity (Wildman–Crippen MR) is 143 cm³/mol. The van der Waals surface area contributed by atoms with Crippen LogP contribution in [0.25, 0.3) is 0 Å². The second-order valence-corrected chi connectivity index (χ2v) is 13.6. The van der Waals surface area contributed by atoms with Crippen molar-refractivity contribution in [1.82, 2.24) is 9.62 Å². The summed E-state index contributed by atoms with van der Waals surface area (Å²) in [5, 5.41) is 0.549. The molecule has 1 aromatic carbocycles. The monoisotopic (exact) mass is 590 g/mol. The lowest BCUT2D eigenvalue weighted by molar-refractivity contribution is -0.161. The molecule has 7 nitrogen and oxygen atoms in total. The van der Waals surface area contributed by atoms with Crippen LogP contribution in [0.4, 0.5) is 0 Å². The molecule has 0 aliphatic carbocycles. The second kappa shape index (κ2) is 11.7. The maximum atomic E-state index is 13.2. The van der Waals surface area contributed by atoms with E-state index in [2.05, 4.69) is 27.2 Å². The van der Waals surface area contributed by atoms with Crippen molar-refractivity contribution in [2.75, 3.05) is 26.3 Å². The van der Waals surface area contributed by atoms with Crippen molar-refractivity contribution in [1.29, 1.82) is 0 Å². The Hall–Kier alpha value is -0.810. The van der Waals surface area contributed by atoms with Crippen molar-refractivity contribution in [2.45, 2.75) is 70.1 Å². The summed E-state index contributed by atoms with van der Waals surface area (Å²) in [4.78, 5) is 14.8. The van der Waals surface area contributed by atoms with Crippen LogP contribution in [0, 0.1) is 5.92 Å². The number of nitrogens with one attached hydrogen (secondary N) is 1. The lowest BCUT2D eigenvalue weighted by atomic mass is 9.85. The molecule has 10 heteroatoms. The first-order valence-electron chi connectivity index (χ1n) is 11.8. The Kier molecular flexibility index (Phi) is 9.62. The van der Waals surface area contributed by atoms with Gasteiger partial charge in [-0.25, -0.2) is 0 Å². The molecule has 2 aliphatic heterocycles. The number of ether oxygens (including phenoxy) is 3. The highest BCUT2D eigenvalue weighted by Gasteiger charge is 2.41. The molecule has 2 heterocycles. The Morgan fingerprint density at radius 1 is 1.43 bits per heavy atom. The van der Waals surface area contributed by atoms with Gasteiger partial charge in [-0.2, -0.15) is 0 Å². The highest BCUT2D eigenvalue weighted by Crippen LogP contribution is 2.41. The van der Waals surface area contributed by atoms with Gasteiger partial charge in [0.15, 0.2) is 11.9 Å². The molecule has 3 atom stereocenters. The zero-order chi connectivity index (χ0) is 26.0. The maximum absolute atomic E-state index is 13.2. The van der Waals surface area contributed by atoms with Crippen LogP contribution in [-0.4, -0.2) is 58.3 Å². The molecule has 1 amide bonds. The molecular weight excluding hydrogens is 556 g/mol. The van der Waals surface area contributed by atoms with Crippen molar-refractivity contribution in [3.8, 4) is 5.75 Å². The Labute approximate surface area is 225 Å². The van der Waals surface area contributed by atoms with E-state index in [9.17, 15) is 9.35 Å². The van der Waals surface area contributed by atoms with Crippen LogP contribution in [0.15, 0.2) is 29.3 Å². The average Bonchev–Trinajstić information content (AvgIpc) is 3.16. The van der Waals surface area contributed by atoms with Crippen molar-refractivity contribution in [2.24, 2.45) is 5.92 Å². The molecule has 35 heavy (non-hydrogen) atoms. The van der Waals surface area contributed by atoms with Gasteiger partial charge in [0.05, 0.1) is 17.7 Å². The van der Waals surface area contributed by atoms with Crippen LogP contribution in [0.2, 0.25) is 5.02 Å². The minimum atomic E-state index is -1.32. The summed E-state index contributed by atoms with van der Waals surface area (Å²) in [6.45, 7) is 14.9. The summed E-state index contributed by atoms with van der Waals surface area (Å²) < 4.78 is 34.1. The lowest BCUT2D eigenvalue weighted by Crippen LogP contribution is -2.48. The molecule has 0 aromatic heterocycles.